The van der Waals surface area contributed by atoms with Crippen molar-refractivity contribution in [2.75, 3.05) is 39.4 Å². The van der Waals surface area contributed by atoms with E-state index in [1.54, 1.807) is 12.1 Å². The molecule has 23 heavy (non-hydrogen) atoms. The molecule has 1 rings (SSSR count). The van der Waals surface area contributed by atoms with E-state index in [9.17, 15) is 4.79 Å². The monoisotopic (exact) mass is 324 g/mol. The molecule has 0 saturated heterocycles. The Hall–Kier alpha value is -2.02. The number of carbonyl (C=O) groups is 1. The van der Waals surface area contributed by atoms with Crippen molar-refractivity contribution in [2.45, 2.75) is 26.7 Å². The zero-order valence-electron chi connectivity index (χ0n) is 14.1. The fourth-order valence-corrected chi connectivity index (χ4v) is 1.84. The van der Waals surface area contributed by atoms with Crippen molar-refractivity contribution < 1.29 is 13.9 Å². The number of nitrogens with one attached hydrogen (secondary N) is 3. The van der Waals surface area contributed by atoms with E-state index in [4.69, 9.17) is 9.15 Å². The van der Waals surface area contributed by atoms with Crippen molar-refractivity contribution in [2.24, 2.45) is 4.99 Å². The summed E-state index contributed by atoms with van der Waals surface area (Å²) in [5.74, 6) is 0.866. The molecule has 0 saturated carbocycles. The Morgan fingerprint density at radius 1 is 1.22 bits per heavy atom. The molecule has 7 heteroatoms. The van der Waals surface area contributed by atoms with Crippen molar-refractivity contribution in [3.05, 3.63) is 24.2 Å². The highest BCUT2D eigenvalue weighted by molar-refractivity contribution is 5.91. The first-order valence-electron chi connectivity index (χ1n) is 8.19. The van der Waals surface area contributed by atoms with Gasteiger partial charge in [-0.2, -0.15) is 0 Å². The molecule has 7 nitrogen and oxygen atoms in total. The highest BCUT2D eigenvalue weighted by Crippen LogP contribution is 1.98. The minimum atomic E-state index is -0.213. The molecule has 1 aromatic rings. The van der Waals surface area contributed by atoms with Gasteiger partial charge in [0.25, 0.3) is 5.91 Å². The molecule has 0 fully saturated rings. The second-order valence-electron chi connectivity index (χ2n) is 4.82. The Kier molecular flexibility index (Phi) is 10.4. The molecule has 0 aromatic carbocycles. The Morgan fingerprint density at radius 3 is 2.74 bits per heavy atom. The second kappa shape index (κ2) is 12.5. The van der Waals surface area contributed by atoms with Crippen molar-refractivity contribution in [1.29, 1.82) is 0 Å². The predicted molar refractivity (Wildman–Crippen MR) is 90.7 cm³/mol. The first-order valence-corrected chi connectivity index (χ1v) is 8.19. The minimum Gasteiger partial charge on any atom is -0.459 e. The number of carbonyl (C=O) groups excluding carboxylic acids is 1. The molecular weight excluding hydrogens is 296 g/mol. The molecule has 130 valence electrons. The zero-order valence-corrected chi connectivity index (χ0v) is 14.1. The van der Waals surface area contributed by atoms with E-state index in [2.05, 4.69) is 20.9 Å². The Morgan fingerprint density at radius 2 is 2.04 bits per heavy atom. The summed E-state index contributed by atoms with van der Waals surface area (Å²) in [6.07, 6.45) is 3.48. The zero-order chi connectivity index (χ0) is 16.8. The standard InChI is InChI=1S/C16H28N4O3/c1-3-17-16(19-9-5-6-12-22-4-2)20-11-10-18-15(21)14-8-7-13-23-14/h7-8,13H,3-6,9-12H2,1-2H3,(H,18,21)(H2,17,19,20). The number of amides is 1. The quantitative estimate of drug-likeness (QED) is 0.325. The normalized spacial score (nSPS) is 11.3. The van der Waals surface area contributed by atoms with Crippen molar-refractivity contribution >= 4 is 11.9 Å². The Bertz CT molecular complexity index is 446. The van der Waals surface area contributed by atoms with Gasteiger partial charge in [-0.05, 0) is 38.8 Å². The molecule has 0 atom stereocenters. The van der Waals surface area contributed by atoms with Gasteiger partial charge in [0.1, 0.15) is 0 Å². The first kappa shape index (κ1) is 19.0. The van der Waals surface area contributed by atoms with Gasteiger partial charge in [-0.3, -0.25) is 9.79 Å². The third-order valence-electron chi connectivity index (χ3n) is 2.96. The van der Waals surface area contributed by atoms with Gasteiger partial charge in [-0.25, -0.2) is 0 Å². The van der Waals surface area contributed by atoms with Gasteiger partial charge in [0.2, 0.25) is 0 Å². The van der Waals surface area contributed by atoms with Crippen LogP contribution in [0.15, 0.2) is 27.8 Å². The summed E-state index contributed by atoms with van der Waals surface area (Å²) in [5.41, 5.74) is 0. The highest BCUT2D eigenvalue weighted by atomic mass is 16.5. The lowest BCUT2D eigenvalue weighted by Gasteiger charge is -2.11. The molecule has 0 spiro atoms. The van der Waals surface area contributed by atoms with Crippen LogP contribution in [0.1, 0.15) is 37.2 Å². The summed E-state index contributed by atoms with van der Waals surface area (Å²) >= 11 is 0. The molecule has 0 bridgehead atoms. The second-order valence-corrected chi connectivity index (χ2v) is 4.82. The van der Waals surface area contributed by atoms with Gasteiger partial charge < -0.3 is 25.1 Å². The summed E-state index contributed by atoms with van der Waals surface area (Å²) < 4.78 is 10.3. The molecule has 1 amide bonds. The average Bonchev–Trinajstić information content (AvgIpc) is 3.09. The summed E-state index contributed by atoms with van der Waals surface area (Å²) in [7, 11) is 0. The van der Waals surface area contributed by atoms with Crippen LogP contribution in [0, 0.1) is 0 Å². The van der Waals surface area contributed by atoms with Crippen LogP contribution >= 0.6 is 0 Å². The largest absolute Gasteiger partial charge is 0.459 e. The number of ether oxygens (including phenoxy) is 1. The van der Waals surface area contributed by atoms with Gasteiger partial charge in [-0.15, -0.1) is 0 Å². The lowest BCUT2D eigenvalue weighted by molar-refractivity contribution is 0.0926. The molecule has 0 aliphatic carbocycles. The van der Waals surface area contributed by atoms with Crippen LogP contribution < -0.4 is 16.0 Å². The van der Waals surface area contributed by atoms with E-state index in [-0.39, 0.29) is 5.91 Å². The molecule has 0 aliphatic heterocycles. The predicted octanol–water partition coefficient (Wildman–Crippen LogP) is 1.38. The lowest BCUT2D eigenvalue weighted by Crippen LogP contribution is -2.41. The maximum absolute atomic E-state index is 11.7. The van der Waals surface area contributed by atoms with Crippen LogP contribution in [-0.2, 0) is 4.74 Å². The van der Waals surface area contributed by atoms with E-state index in [1.807, 2.05) is 13.8 Å². The number of furan rings is 1. The number of hydrogen-bond acceptors (Lipinski definition) is 4. The number of hydrogen-bond donors (Lipinski definition) is 3. The van der Waals surface area contributed by atoms with Gasteiger partial charge in [0.05, 0.1) is 6.26 Å². The maximum atomic E-state index is 11.7. The van der Waals surface area contributed by atoms with Crippen LogP contribution in [0.25, 0.3) is 0 Å². The van der Waals surface area contributed by atoms with E-state index < -0.39 is 0 Å². The summed E-state index contributed by atoms with van der Waals surface area (Å²) in [4.78, 5) is 16.2. The fraction of sp³-hybridized carbons (Fsp3) is 0.625. The number of nitrogens with zero attached hydrogens (tertiary/aromatic N) is 1. The summed E-state index contributed by atoms with van der Waals surface area (Å²) in [6.45, 7) is 8.20. The molecule has 0 unspecified atom stereocenters. The summed E-state index contributed by atoms with van der Waals surface area (Å²) in [6, 6.07) is 3.32. The Balaban J connectivity index is 2.17. The molecular formula is C16H28N4O3. The lowest BCUT2D eigenvalue weighted by atomic mass is 10.3. The van der Waals surface area contributed by atoms with Gasteiger partial charge in [0, 0.05) is 39.4 Å². The van der Waals surface area contributed by atoms with Crippen LogP contribution in [0.5, 0.6) is 0 Å². The number of aliphatic imine (C=N–C) groups is 1. The maximum Gasteiger partial charge on any atom is 0.287 e. The van der Waals surface area contributed by atoms with Crippen molar-refractivity contribution in [3.63, 3.8) is 0 Å². The van der Waals surface area contributed by atoms with Gasteiger partial charge >= 0.3 is 0 Å². The topological polar surface area (TPSA) is 87.9 Å². The van der Waals surface area contributed by atoms with Crippen molar-refractivity contribution in [3.8, 4) is 0 Å². The van der Waals surface area contributed by atoms with Crippen LogP contribution in [0.3, 0.4) is 0 Å². The Labute approximate surface area is 137 Å². The molecule has 3 N–H and O–H groups in total. The fourth-order valence-electron chi connectivity index (χ4n) is 1.84. The van der Waals surface area contributed by atoms with Gasteiger partial charge in [0.15, 0.2) is 11.7 Å². The molecule has 1 heterocycles. The van der Waals surface area contributed by atoms with Gasteiger partial charge in [-0.1, -0.05) is 0 Å². The smallest absolute Gasteiger partial charge is 0.287 e. The van der Waals surface area contributed by atoms with Crippen molar-refractivity contribution in [1.82, 2.24) is 16.0 Å². The summed E-state index contributed by atoms with van der Waals surface area (Å²) in [5, 5.41) is 9.14. The van der Waals surface area contributed by atoms with E-state index in [0.717, 1.165) is 45.1 Å². The third-order valence-corrected chi connectivity index (χ3v) is 2.96. The third kappa shape index (κ3) is 8.87. The molecule has 0 radical (unpaired) electrons. The number of guanidine groups is 1. The highest BCUT2D eigenvalue weighted by Gasteiger charge is 2.06. The first-order chi connectivity index (χ1) is 11.3. The SMILES string of the molecule is CCNC(=NCCCCOCC)NCCNC(=O)c1ccco1. The van der Waals surface area contributed by atoms with E-state index in [0.29, 0.717) is 18.8 Å². The minimum absolute atomic E-state index is 0.213. The number of unbranched alkanes of at least 4 members (excludes halogenated alkanes) is 1. The van der Waals surface area contributed by atoms with E-state index in [1.165, 1.54) is 6.26 Å². The van der Waals surface area contributed by atoms with E-state index >= 15 is 0 Å². The number of rotatable bonds is 11. The molecule has 0 aliphatic rings. The molecule has 1 aromatic heterocycles. The average molecular weight is 324 g/mol. The van der Waals surface area contributed by atoms with Crippen LogP contribution in [0.4, 0.5) is 0 Å². The van der Waals surface area contributed by atoms with Crippen LogP contribution in [0.2, 0.25) is 0 Å². The van der Waals surface area contributed by atoms with Crippen LogP contribution in [-0.4, -0.2) is 51.3 Å².